The van der Waals surface area contributed by atoms with Gasteiger partial charge in [0.2, 0.25) is 0 Å². The van der Waals surface area contributed by atoms with Crippen molar-refractivity contribution >= 4 is 0 Å². The zero-order valence-corrected chi connectivity index (χ0v) is 13.8. The Balaban J connectivity index is 1.48. The fraction of sp³-hybridized carbons (Fsp3) is 0.579. The lowest BCUT2D eigenvalue weighted by Gasteiger charge is -2.36. The predicted octanol–water partition coefficient (Wildman–Crippen LogP) is 3.45. The summed E-state index contributed by atoms with van der Waals surface area (Å²) in [7, 11) is 0. The number of aromatic nitrogens is 3. The molecule has 2 heterocycles. The summed E-state index contributed by atoms with van der Waals surface area (Å²) in [5.41, 5.74) is 1.32. The van der Waals surface area contributed by atoms with Crippen LogP contribution in [0.1, 0.15) is 55.8 Å². The minimum absolute atomic E-state index is 0.538. The smallest absolute Gasteiger partial charge is 0.137 e. The second-order valence-corrected chi connectivity index (χ2v) is 7.08. The number of rotatable bonds is 4. The standard InChI is InChI=1S/C19H26N4/c1-2-7-16(8-3-1)13-23-15-20-21-19(23)17-9-6-12-22(14-17)18-10-4-5-11-18/h1-3,7-8,15,17-18H,4-6,9-14H2/t17-/m1/s1. The molecule has 0 bridgehead atoms. The Morgan fingerprint density at radius 1 is 1.00 bits per heavy atom. The first-order valence-corrected chi connectivity index (χ1v) is 9.06. The highest BCUT2D eigenvalue weighted by Crippen LogP contribution is 2.31. The average Bonchev–Trinajstić information content (AvgIpc) is 3.28. The number of likely N-dealkylation sites (tertiary alicyclic amines) is 1. The van der Waals surface area contributed by atoms with Crippen LogP contribution in [0.3, 0.4) is 0 Å². The monoisotopic (exact) mass is 310 g/mol. The molecule has 122 valence electrons. The van der Waals surface area contributed by atoms with Gasteiger partial charge < -0.3 is 4.57 Å². The number of hydrogen-bond acceptors (Lipinski definition) is 3. The van der Waals surface area contributed by atoms with E-state index in [4.69, 9.17) is 0 Å². The summed E-state index contributed by atoms with van der Waals surface area (Å²) in [5, 5.41) is 8.69. The molecule has 2 fully saturated rings. The second kappa shape index (κ2) is 6.83. The van der Waals surface area contributed by atoms with Crippen LogP contribution in [0.25, 0.3) is 0 Å². The molecule has 1 saturated carbocycles. The summed E-state index contributed by atoms with van der Waals surface area (Å²) in [5.74, 6) is 1.71. The molecule has 0 N–H and O–H groups in total. The van der Waals surface area contributed by atoms with Gasteiger partial charge in [0.25, 0.3) is 0 Å². The summed E-state index contributed by atoms with van der Waals surface area (Å²) in [4.78, 5) is 2.72. The average molecular weight is 310 g/mol. The van der Waals surface area contributed by atoms with E-state index < -0.39 is 0 Å². The van der Waals surface area contributed by atoms with Crippen molar-refractivity contribution in [2.24, 2.45) is 0 Å². The van der Waals surface area contributed by atoms with Crippen molar-refractivity contribution in [2.45, 2.75) is 57.0 Å². The first-order valence-electron chi connectivity index (χ1n) is 9.06. The molecular weight excluding hydrogens is 284 g/mol. The molecule has 0 unspecified atom stereocenters. The van der Waals surface area contributed by atoms with E-state index in [2.05, 4.69) is 50.0 Å². The summed E-state index contributed by atoms with van der Waals surface area (Å²) in [6, 6.07) is 11.4. The molecule has 0 spiro atoms. The van der Waals surface area contributed by atoms with Crippen LogP contribution in [-0.4, -0.2) is 38.8 Å². The van der Waals surface area contributed by atoms with Gasteiger partial charge in [0.1, 0.15) is 12.2 Å². The van der Waals surface area contributed by atoms with Crippen molar-refractivity contribution < 1.29 is 0 Å². The Bertz CT molecular complexity index is 615. The molecule has 1 aromatic heterocycles. The third-order valence-electron chi connectivity index (χ3n) is 5.50. The minimum atomic E-state index is 0.538. The van der Waals surface area contributed by atoms with Crippen molar-refractivity contribution in [1.82, 2.24) is 19.7 Å². The van der Waals surface area contributed by atoms with Crippen LogP contribution in [0, 0.1) is 0 Å². The lowest BCUT2D eigenvalue weighted by atomic mass is 9.95. The van der Waals surface area contributed by atoms with Crippen LogP contribution in [0.4, 0.5) is 0 Å². The third-order valence-corrected chi connectivity index (χ3v) is 5.50. The zero-order chi connectivity index (χ0) is 15.5. The maximum absolute atomic E-state index is 4.48. The maximum atomic E-state index is 4.48. The topological polar surface area (TPSA) is 34.0 Å². The van der Waals surface area contributed by atoms with Gasteiger partial charge in [0.15, 0.2) is 0 Å². The van der Waals surface area contributed by atoms with E-state index in [0.29, 0.717) is 5.92 Å². The van der Waals surface area contributed by atoms with E-state index in [9.17, 15) is 0 Å². The summed E-state index contributed by atoms with van der Waals surface area (Å²) < 4.78 is 2.25. The Morgan fingerprint density at radius 2 is 1.83 bits per heavy atom. The molecule has 0 amide bonds. The van der Waals surface area contributed by atoms with Gasteiger partial charge in [-0.05, 0) is 37.8 Å². The van der Waals surface area contributed by atoms with E-state index in [-0.39, 0.29) is 0 Å². The summed E-state index contributed by atoms with van der Waals surface area (Å²) in [6.07, 6.45) is 10.0. The van der Waals surface area contributed by atoms with Crippen molar-refractivity contribution in [2.75, 3.05) is 13.1 Å². The summed E-state index contributed by atoms with van der Waals surface area (Å²) >= 11 is 0. The molecule has 0 radical (unpaired) electrons. The number of nitrogens with zero attached hydrogens (tertiary/aromatic N) is 4. The first-order chi connectivity index (χ1) is 11.4. The molecule has 23 heavy (non-hydrogen) atoms. The molecule has 1 saturated heterocycles. The van der Waals surface area contributed by atoms with Crippen LogP contribution >= 0.6 is 0 Å². The lowest BCUT2D eigenvalue weighted by Crippen LogP contribution is -2.41. The Labute approximate surface area is 138 Å². The SMILES string of the molecule is c1ccc(Cn2cnnc2[C@@H]2CCCN(C3CCCC3)C2)cc1. The Kier molecular flexibility index (Phi) is 4.42. The van der Waals surface area contributed by atoms with Crippen LogP contribution in [0.2, 0.25) is 0 Å². The van der Waals surface area contributed by atoms with E-state index >= 15 is 0 Å². The van der Waals surface area contributed by atoms with E-state index in [1.54, 1.807) is 0 Å². The molecule has 4 nitrogen and oxygen atoms in total. The molecule has 1 aromatic carbocycles. The highest BCUT2D eigenvalue weighted by Gasteiger charge is 2.30. The van der Waals surface area contributed by atoms with Crippen molar-refractivity contribution in [3.63, 3.8) is 0 Å². The molecule has 2 aromatic rings. The zero-order valence-electron chi connectivity index (χ0n) is 13.8. The Morgan fingerprint density at radius 3 is 2.65 bits per heavy atom. The largest absolute Gasteiger partial charge is 0.313 e. The van der Waals surface area contributed by atoms with E-state index in [0.717, 1.165) is 19.1 Å². The van der Waals surface area contributed by atoms with Crippen LogP contribution in [0.15, 0.2) is 36.7 Å². The van der Waals surface area contributed by atoms with Gasteiger partial charge >= 0.3 is 0 Å². The molecular formula is C19H26N4. The lowest BCUT2D eigenvalue weighted by molar-refractivity contribution is 0.146. The van der Waals surface area contributed by atoms with Crippen LogP contribution in [-0.2, 0) is 6.54 Å². The molecule has 1 aliphatic heterocycles. The molecule has 4 heteroatoms. The van der Waals surface area contributed by atoms with E-state index in [1.165, 1.54) is 56.5 Å². The highest BCUT2D eigenvalue weighted by molar-refractivity contribution is 5.16. The molecule has 1 atom stereocenters. The molecule has 4 rings (SSSR count). The fourth-order valence-corrected chi connectivity index (χ4v) is 4.30. The highest BCUT2D eigenvalue weighted by atomic mass is 15.3. The predicted molar refractivity (Wildman–Crippen MR) is 91.4 cm³/mol. The van der Waals surface area contributed by atoms with Crippen LogP contribution in [0.5, 0.6) is 0 Å². The molecule has 1 aliphatic carbocycles. The van der Waals surface area contributed by atoms with E-state index in [1.807, 2.05) is 6.33 Å². The summed E-state index contributed by atoms with van der Waals surface area (Å²) in [6.45, 7) is 3.31. The van der Waals surface area contributed by atoms with Gasteiger partial charge in [-0.1, -0.05) is 43.2 Å². The molecule has 2 aliphatic rings. The van der Waals surface area contributed by atoms with Crippen LogP contribution < -0.4 is 0 Å². The number of hydrogen-bond donors (Lipinski definition) is 0. The first kappa shape index (κ1) is 14.9. The van der Waals surface area contributed by atoms with Gasteiger partial charge in [0.05, 0.1) is 6.54 Å². The van der Waals surface area contributed by atoms with Crippen molar-refractivity contribution in [1.29, 1.82) is 0 Å². The Hall–Kier alpha value is -1.68. The third kappa shape index (κ3) is 3.32. The van der Waals surface area contributed by atoms with Gasteiger partial charge in [-0.15, -0.1) is 10.2 Å². The van der Waals surface area contributed by atoms with Gasteiger partial charge in [-0.2, -0.15) is 0 Å². The number of benzene rings is 1. The maximum Gasteiger partial charge on any atom is 0.137 e. The number of piperidine rings is 1. The van der Waals surface area contributed by atoms with Gasteiger partial charge in [-0.3, -0.25) is 4.90 Å². The quantitative estimate of drug-likeness (QED) is 0.867. The van der Waals surface area contributed by atoms with Crippen molar-refractivity contribution in [3.8, 4) is 0 Å². The van der Waals surface area contributed by atoms with Crippen molar-refractivity contribution in [3.05, 3.63) is 48.0 Å². The fourth-order valence-electron chi connectivity index (χ4n) is 4.30. The van der Waals surface area contributed by atoms with Gasteiger partial charge in [0, 0.05) is 18.5 Å². The minimum Gasteiger partial charge on any atom is -0.313 e. The second-order valence-electron chi connectivity index (χ2n) is 7.08. The normalized spacial score (nSPS) is 23.4. The van der Waals surface area contributed by atoms with Gasteiger partial charge in [-0.25, -0.2) is 0 Å².